The average Bonchev–Trinajstić information content (AvgIpc) is 3.13. The van der Waals surface area contributed by atoms with Crippen molar-refractivity contribution >= 4 is 22.7 Å². The number of furan rings is 1. The lowest BCUT2D eigenvalue weighted by atomic mass is 10.0. The molecule has 0 aliphatic rings. The molecule has 2 aromatic carbocycles. The van der Waals surface area contributed by atoms with Crippen molar-refractivity contribution in [3.63, 3.8) is 0 Å². The third-order valence-corrected chi connectivity index (χ3v) is 4.43. The number of carbonyl (C=O) groups excluding carboxylic acids is 1. The monoisotopic (exact) mass is 382 g/mol. The summed E-state index contributed by atoms with van der Waals surface area (Å²) in [6, 6.07) is 16.1. The van der Waals surface area contributed by atoms with E-state index in [1.165, 1.54) is 0 Å². The summed E-state index contributed by atoms with van der Waals surface area (Å²) >= 11 is 0. The van der Waals surface area contributed by atoms with Crippen LogP contribution < -0.4 is 15.4 Å². The topological polar surface area (TPSA) is 83.7 Å². The highest BCUT2D eigenvalue weighted by Crippen LogP contribution is 2.27. The zero-order valence-electron chi connectivity index (χ0n) is 16.2. The second-order valence-corrected chi connectivity index (χ2v) is 6.96. The van der Waals surface area contributed by atoms with Crippen molar-refractivity contribution in [3.05, 3.63) is 60.4 Å². The Morgan fingerprint density at radius 2 is 1.93 bits per heavy atom. The van der Waals surface area contributed by atoms with Gasteiger partial charge >= 0.3 is 6.03 Å². The van der Waals surface area contributed by atoms with E-state index in [4.69, 9.17) is 9.15 Å². The standard InChI is InChI=1S/C22H26N2O4/c1-3-4-13-27-18-11-9-17(10-12-18)24-21(25)23-15-22(2,26)20-14-16-7-5-6-8-19(16)28-20/h5-12,14,26H,3-4,13,15H2,1-2H3,(H2,23,24,25). The number of fused-ring (bicyclic) bond motifs is 1. The molecule has 3 N–H and O–H groups in total. The van der Waals surface area contributed by atoms with E-state index >= 15 is 0 Å². The number of carbonyl (C=O) groups is 1. The summed E-state index contributed by atoms with van der Waals surface area (Å²) in [5.41, 5.74) is 0.0139. The molecule has 6 nitrogen and oxygen atoms in total. The molecule has 1 atom stereocenters. The summed E-state index contributed by atoms with van der Waals surface area (Å²) in [5.74, 6) is 1.18. The second-order valence-electron chi connectivity index (χ2n) is 6.96. The SMILES string of the molecule is CCCCOc1ccc(NC(=O)NCC(C)(O)c2cc3ccccc3o2)cc1. The molecule has 1 heterocycles. The number of aliphatic hydroxyl groups is 1. The van der Waals surface area contributed by atoms with Crippen molar-refractivity contribution in [3.8, 4) is 5.75 Å². The van der Waals surface area contributed by atoms with E-state index in [1.807, 2.05) is 36.4 Å². The molecule has 3 rings (SSSR count). The molecule has 148 valence electrons. The molecular weight excluding hydrogens is 356 g/mol. The summed E-state index contributed by atoms with van der Waals surface area (Å²) in [6.07, 6.45) is 2.09. The second kappa shape index (κ2) is 8.80. The van der Waals surface area contributed by atoms with E-state index in [-0.39, 0.29) is 6.54 Å². The molecule has 0 spiro atoms. The van der Waals surface area contributed by atoms with E-state index in [0.29, 0.717) is 23.6 Å². The normalized spacial score (nSPS) is 13.1. The van der Waals surface area contributed by atoms with Crippen LogP contribution in [-0.2, 0) is 5.60 Å². The number of para-hydroxylation sites is 1. The number of amides is 2. The van der Waals surface area contributed by atoms with Gasteiger partial charge < -0.3 is 24.9 Å². The maximum Gasteiger partial charge on any atom is 0.319 e. The summed E-state index contributed by atoms with van der Waals surface area (Å²) in [5, 5.41) is 17.0. The molecule has 1 aromatic heterocycles. The first-order valence-electron chi connectivity index (χ1n) is 9.47. The number of hydrogen-bond acceptors (Lipinski definition) is 4. The van der Waals surface area contributed by atoms with E-state index in [1.54, 1.807) is 25.1 Å². The minimum Gasteiger partial charge on any atom is -0.494 e. The molecular formula is C22H26N2O4. The van der Waals surface area contributed by atoms with Gasteiger partial charge in [-0.15, -0.1) is 0 Å². The summed E-state index contributed by atoms with van der Waals surface area (Å²) < 4.78 is 11.3. The molecule has 0 aliphatic carbocycles. The van der Waals surface area contributed by atoms with Gasteiger partial charge in [0.25, 0.3) is 0 Å². The lowest BCUT2D eigenvalue weighted by Crippen LogP contribution is -2.40. The molecule has 2 amide bonds. The van der Waals surface area contributed by atoms with E-state index in [9.17, 15) is 9.90 Å². The Kier molecular flexibility index (Phi) is 6.21. The Hall–Kier alpha value is -2.99. The Morgan fingerprint density at radius 3 is 2.64 bits per heavy atom. The van der Waals surface area contributed by atoms with Gasteiger partial charge in [0, 0.05) is 11.1 Å². The average molecular weight is 382 g/mol. The van der Waals surface area contributed by atoms with Gasteiger partial charge in [0.2, 0.25) is 0 Å². The zero-order chi connectivity index (χ0) is 20.0. The number of anilines is 1. The lowest BCUT2D eigenvalue weighted by molar-refractivity contribution is 0.0388. The van der Waals surface area contributed by atoms with Crippen LogP contribution in [0.1, 0.15) is 32.4 Å². The van der Waals surface area contributed by atoms with Crippen molar-refractivity contribution < 1.29 is 19.1 Å². The summed E-state index contributed by atoms with van der Waals surface area (Å²) in [7, 11) is 0. The molecule has 1 unspecified atom stereocenters. The quantitative estimate of drug-likeness (QED) is 0.496. The molecule has 28 heavy (non-hydrogen) atoms. The molecule has 0 fully saturated rings. The molecule has 0 saturated heterocycles. The van der Waals surface area contributed by atoms with Crippen LogP contribution >= 0.6 is 0 Å². The first-order chi connectivity index (χ1) is 13.5. The van der Waals surface area contributed by atoms with Crippen LogP contribution in [0.15, 0.2) is 59.0 Å². The van der Waals surface area contributed by atoms with Crippen LogP contribution in [0.5, 0.6) is 5.75 Å². The summed E-state index contributed by atoms with van der Waals surface area (Å²) in [4.78, 5) is 12.2. The van der Waals surface area contributed by atoms with Crippen LogP contribution in [0.3, 0.4) is 0 Å². The number of rotatable bonds is 8. The molecule has 3 aromatic rings. The van der Waals surface area contributed by atoms with E-state index < -0.39 is 11.6 Å². The van der Waals surface area contributed by atoms with Gasteiger partial charge in [-0.05, 0) is 49.7 Å². The van der Waals surface area contributed by atoms with Gasteiger partial charge in [-0.25, -0.2) is 4.79 Å². The predicted octanol–water partition coefficient (Wildman–Crippen LogP) is 4.64. The van der Waals surface area contributed by atoms with Crippen LogP contribution in [0.25, 0.3) is 11.0 Å². The minimum absolute atomic E-state index is 0.0108. The third kappa shape index (κ3) is 5.04. The summed E-state index contributed by atoms with van der Waals surface area (Å²) in [6.45, 7) is 4.41. The van der Waals surface area contributed by atoms with Crippen molar-refractivity contribution in [1.82, 2.24) is 5.32 Å². The largest absolute Gasteiger partial charge is 0.494 e. The Labute approximate surface area is 164 Å². The van der Waals surface area contributed by atoms with Crippen LogP contribution in [0.2, 0.25) is 0 Å². The fourth-order valence-electron chi connectivity index (χ4n) is 2.73. The van der Waals surface area contributed by atoms with Crippen molar-refractivity contribution in [2.45, 2.75) is 32.3 Å². The highest BCUT2D eigenvalue weighted by Gasteiger charge is 2.28. The number of hydrogen-bond donors (Lipinski definition) is 3. The fraction of sp³-hybridized carbons (Fsp3) is 0.318. The Balaban J connectivity index is 1.53. The molecule has 6 heteroatoms. The molecule has 0 radical (unpaired) electrons. The minimum atomic E-state index is -1.33. The van der Waals surface area contributed by atoms with Gasteiger partial charge in [-0.3, -0.25) is 0 Å². The Bertz CT molecular complexity index is 883. The highest BCUT2D eigenvalue weighted by molar-refractivity contribution is 5.89. The van der Waals surface area contributed by atoms with Gasteiger partial charge in [0.15, 0.2) is 0 Å². The first-order valence-corrected chi connectivity index (χ1v) is 9.47. The number of nitrogens with one attached hydrogen (secondary N) is 2. The lowest BCUT2D eigenvalue weighted by Gasteiger charge is -2.21. The number of ether oxygens (including phenoxy) is 1. The highest BCUT2D eigenvalue weighted by atomic mass is 16.5. The van der Waals surface area contributed by atoms with Crippen LogP contribution in [-0.4, -0.2) is 24.3 Å². The van der Waals surface area contributed by atoms with Gasteiger partial charge in [-0.1, -0.05) is 31.5 Å². The maximum absolute atomic E-state index is 12.2. The van der Waals surface area contributed by atoms with Gasteiger partial charge in [0.05, 0.1) is 13.2 Å². The van der Waals surface area contributed by atoms with Crippen molar-refractivity contribution in [1.29, 1.82) is 0 Å². The van der Waals surface area contributed by atoms with E-state index in [0.717, 1.165) is 24.0 Å². The van der Waals surface area contributed by atoms with Crippen LogP contribution in [0.4, 0.5) is 10.5 Å². The third-order valence-electron chi connectivity index (χ3n) is 4.43. The molecule has 0 bridgehead atoms. The van der Waals surface area contributed by atoms with E-state index in [2.05, 4.69) is 17.6 Å². The molecule has 0 aliphatic heterocycles. The van der Waals surface area contributed by atoms with Gasteiger partial charge in [0.1, 0.15) is 22.7 Å². The first kappa shape index (κ1) is 19.8. The maximum atomic E-state index is 12.2. The number of benzene rings is 2. The van der Waals surface area contributed by atoms with Crippen molar-refractivity contribution in [2.75, 3.05) is 18.5 Å². The van der Waals surface area contributed by atoms with Gasteiger partial charge in [-0.2, -0.15) is 0 Å². The number of urea groups is 1. The Morgan fingerprint density at radius 1 is 1.18 bits per heavy atom. The molecule has 0 saturated carbocycles. The van der Waals surface area contributed by atoms with Crippen LogP contribution in [0, 0.1) is 0 Å². The number of unbranched alkanes of at least 4 members (excludes halogenated alkanes) is 1. The fourth-order valence-corrected chi connectivity index (χ4v) is 2.73. The predicted molar refractivity (Wildman–Crippen MR) is 110 cm³/mol. The zero-order valence-corrected chi connectivity index (χ0v) is 16.2. The smallest absolute Gasteiger partial charge is 0.319 e. The van der Waals surface area contributed by atoms with Crippen molar-refractivity contribution in [2.24, 2.45) is 0 Å².